The summed E-state index contributed by atoms with van der Waals surface area (Å²) in [5, 5.41) is 7.09. The lowest BCUT2D eigenvalue weighted by Gasteiger charge is -2.24. The highest BCUT2D eigenvalue weighted by Gasteiger charge is 2.15. The van der Waals surface area contributed by atoms with E-state index in [1.165, 1.54) is 24.6 Å². The Bertz CT molecular complexity index is 945. The number of amides is 1. The summed E-state index contributed by atoms with van der Waals surface area (Å²) in [5.74, 6) is 0.628. The molecule has 5 N–H and O–H groups in total. The predicted octanol–water partition coefficient (Wildman–Crippen LogP) is 3.15. The Kier molecular flexibility index (Phi) is 7.81. The van der Waals surface area contributed by atoms with Crippen LogP contribution in [0.25, 0.3) is 17.3 Å². The third-order valence-electron chi connectivity index (χ3n) is 4.76. The lowest BCUT2D eigenvalue weighted by atomic mass is 10.1. The predicted molar refractivity (Wildman–Crippen MR) is 125 cm³/mol. The van der Waals surface area contributed by atoms with Crippen LogP contribution in [0.3, 0.4) is 0 Å². The number of hydrogen-bond donors (Lipinski definition) is 4. The summed E-state index contributed by atoms with van der Waals surface area (Å²) >= 11 is 1.47. The summed E-state index contributed by atoms with van der Waals surface area (Å²) in [5.41, 5.74) is 9.39. The van der Waals surface area contributed by atoms with E-state index in [2.05, 4.69) is 24.6 Å². The normalized spacial score (nSPS) is 15.4. The smallest absolute Gasteiger partial charge is 0.261 e. The van der Waals surface area contributed by atoms with Crippen LogP contribution in [0.1, 0.15) is 30.7 Å². The standard InChI is InChI=1S/C21H27N7OS/c1-30-27-17-11-15(18-13-24-19(25-18)6-5-7-22)10-16(12-17)21(23)26-20(29)14-28-8-3-2-4-9-28/h5-7,10-13,22,27H,2-4,8-9,14H2,1H3,(H,24,25)(H2,23,26,29)/b6-5-,22-7?. The van der Waals surface area contributed by atoms with Crippen LogP contribution in [-0.4, -0.2) is 58.7 Å². The van der Waals surface area contributed by atoms with Gasteiger partial charge in [0.1, 0.15) is 11.7 Å². The van der Waals surface area contributed by atoms with Crippen LogP contribution in [0.5, 0.6) is 0 Å². The van der Waals surface area contributed by atoms with Crippen molar-refractivity contribution in [2.24, 2.45) is 10.7 Å². The van der Waals surface area contributed by atoms with E-state index < -0.39 is 0 Å². The number of imidazole rings is 1. The number of amidine groups is 1. The van der Waals surface area contributed by atoms with E-state index in [4.69, 9.17) is 11.1 Å². The highest BCUT2D eigenvalue weighted by Crippen LogP contribution is 2.25. The minimum atomic E-state index is -0.222. The van der Waals surface area contributed by atoms with Gasteiger partial charge >= 0.3 is 0 Å². The van der Waals surface area contributed by atoms with Gasteiger partial charge in [0.15, 0.2) is 0 Å². The van der Waals surface area contributed by atoms with Crippen LogP contribution < -0.4 is 10.5 Å². The third-order valence-corrected chi connectivity index (χ3v) is 5.20. The van der Waals surface area contributed by atoms with Gasteiger partial charge in [0.05, 0.1) is 18.4 Å². The highest BCUT2D eigenvalue weighted by atomic mass is 32.2. The molecule has 0 aliphatic carbocycles. The number of nitrogens with zero attached hydrogens (tertiary/aromatic N) is 3. The van der Waals surface area contributed by atoms with Crippen molar-refractivity contribution in [2.75, 3.05) is 30.6 Å². The van der Waals surface area contributed by atoms with Gasteiger partial charge in [-0.05, 0) is 56.3 Å². The number of nitrogens with two attached hydrogens (primary N) is 1. The van der Waals surface area contributed by atoms with Crippen LogP contribution in [0.2, 0.25) is 0 Å². The number of likely N-dealkylation sites (tertiary alicyclic amines) is 1. The molecule has 0 spiro atoms. The first kappa shape index (κ1) is 21.8. The number of benzene rings is 1. The molecule has 1 amide bonds. The first-order valence-corrected chi connectivity index (χ1v) is 11.1. The maximum atomic E-state index is 12.4. The van der Waals surface area contributed by atoms with E-state index in [9.17, 15) is 4.79 Å². The molecule has 158 valence electrons. The summed E-state index contributed by atoms with van der Waals surface area (Å²) in [4.78, 5) is 26.2. The second-order valence-electron chi connectivity index (χ2n) is 7.04. The Morgan fingerprint density at radius 3 is 2.90 bits per heavy atom. The quantitative estimate of drug-likeness (QED) is 0.293. The average Bonchev–Trinajstić information content (AvgIpc) is 3.22. The maximum absolute atomic E-state index is 12.4. The summed E-state index contributed by atoms with van der Waals surface area (Å²) in [6.07, 6.45) is 11.6. The number of hydrogen-bond acceptors (Lipinski definition) is 6. The number of aliphatic imine (C=N–C) groups is 1. The second-order valence-corrected chi connectivity index (χ2v) is 7.65. The van der Waals surface area contributed by atoms with Gasteiger partial charge < -0.3 is 20.8 Å². The maximum Gasteiger partial charge on any atom is 0.261 e. The zero-order valence-corrected chi connectivity index (χ0v) is 17.8. The second kappa shape index (κ2) is 10.7. The van der Waals surface area contributed by atoms with E-state index in [-0.39, 0.29) is 11.7 Å². The van der Waals surface area contributed by atoms with Gasteiger partial charge in [0.25, 0.3) is 5.91 Å². The number of anilines is 1. The molecule has 0 atom stereocenters. The van der Waals surface area contributed by atoms with Crippen LogP contribution in [0, 0.1) is 5.41 Å². The highest BCUT2D eigenvalue weighted by molar-refractivity contribution is 7.99. The number of aromatic amines is 1. The van der Waals surface area contributed by atoms with Crippen molar-refractivity contribution in [3.8, 4) is 11.3 Å². The number of allylic oxidation sites excluding steroid dienone is 1. The Morgan fingerprint density at radius 2 is 2.17 bits per heavy atom. The number of rotatable bonds is 8. The van der Waals surface area contributed by atoms with Crippen LogP contribution >= 0.6 is 11.9 Å². The number of aromatic nitrogens is 2. The molecule has 0 radical (unpaired) electrons. The van der Waals surface area contributed by atoms with E-state index in [1.54, 1.807) is 18.3 Å². The first-order chi connectivity index (χ1) is 14.6. The van der Waals surface area contributed by atoms with Crippen LogP contribution in [-0.2, 0) is 4.79 Å². The van der Waals surface area contributed by atoms with Gasteiger partial charge in [-0.2, -0.15) is 4.99 Å². The fourth-order valence-electron chi connectivity index (χ4n) is 3.36. The zero-order chi connectivity index (χ0) is 21.3. The zero-order valence-electron chi connectivity index (χ0n) is 17.0. The number of H-pyrrole nitrogens is 1. The molecule has 1 aromatic carbocycles. The van der Waals surface area contributed by atoms with Gasteiger partial charge in [-0.3, -0.25) is 9.69 Å². The van der Waals surface area contributed by atoms with Crippen molar-refractivity contribution in [1.82, 2.24) is 14.9 Å². The van der Waals surface area contributed by atoms with E-state index in [0.29, 0.717) is 17.9 Å². The Morgan fingerprint density at radius 1 is 1.37 bits per heavy atom. The van der Waals surface area contributed by atoms with Gasteiger partial charge in [-0.25, -0.2) is 4.98 Å². The third kappa shape index (κ3) is 6.04. The number of carbonyl (C=O) groups excluding carboxylic acids is 1. The van der Waals surface area contributed by atoms with E-state index >= 15 is 0 Å². The molecule has 9 heteroatoms. The summed E-state index contributed by atoms with van der Waals surface area (Å²) in [6, 6.07) is 5.73. The molecule has 0 unspecified atom stereocenters. The van der Waals surface area contributed by atoms with Gasteiger partial charge in [-0.15, -0.1) is 0 Å². The lowest BCUT2D eigenvalue weighted by molar-refractivity contribution is -0.119. The first-order valence-electron chi connectivity index (χ1n) is 9.85. The largest absolute Gasteiger partial charge is 0.383 e. The molecule has 2 heterocycles. The van der Waals surface area contributed by atoms with E-state index in [1.807, 2.05) is 24.5 Å². The summed E-state index contributed by atoms with van der Waals surface area (Å²) in [6.45, 7) is 2.18. The van der Waals surface area contributed by atoms with Gasteiger partial charge in [0, 0.05) is 29.3 Å². The van der Waals surface area contributed by atoms with Gasteiger partial charge in [-0.1, -0.05) is 18.4 Å². The fourth-order valence-corrected chi connectivity index (χ4v) is 3.71. The molecule has 1 aliphatic heterocycles. The fraction of sp³-hybridized carbons (Fsp3) is 0.333. The molecular formula is C21H27N7OS. The van der Waals surface area contributed by atoms with Crippen LogP contribution in [0.15, 0.2) is 35.5 Å². The number of piperidine rings is 1. The van der Waals surface area contributed by atoms with Crippen molar-refractivity contribution in [3.05, 3.63) is 41.9 Å². The van der Waals surface area contributed by atoms with Crippen LogP contribution in [0.4, 0.5) is 5.69 Å². The Labute approximate surface area is 180 Å². The molecule has 8 nitrogen and oxygen atoms in total. The lowest BCUT2D eigenvalue weighted by Crippen LogP contribution is -2.34. The summed E-state index contributed by atoms with van der Waals surface area (Å²) in [7, 11) is 0. The molecule has 1 aliphatic rings. The summed E-state index contributed by atoms with van der Waals surface area (Å²) < 4.78 is 3.21. The van der Waals surface area contributed by atoms with Crippen molar-refractivity contribution in [1.29, 1.82) is 5.41 Å². The SMILES string of the molecule is CSNc1cc(C(N)=NC(=O)CN2CCCCC2)cc(-c2cnc(/C=C\C=N)[nH]2)c1. The molecule has 3 rings (SSSR count). The van der Waals surface area contributed by atoms with Crippen molar-refractivity contribution in [2.45, 2.75) is 19.3 Å². The molecule has 1 fully saturated rings. The molecule has 0 saturated carbocycles. The topological polar surface area (TPSA) is 123 Å². The monoisotopic (exact) mass is 425 g/mol. The molecule has 0 bridgehead atoms. The molecule has 2 aromatic rings. The number of carbonyl (C=O) groups is 1. The van der Waals surface area contributed by atoms with Crippen molar-refractivity contribution in [3.63, 3.8) is 0 Å². The van der Waals surface area contributed by atoms with Crippen molar-refractivity contribution >= 4 is 41.7 Å². The minimum absolute atomic E-state index is 0.200. The molecule has 1 aromatic heterocycles. The molecular weight excluding hydrogens is 398 g/mol. The Balaban J connectivity index is 1.84. The molecule has 1 saturated heterocycles. The number of nitrogens with one attached hydrogen (secondary N) is 3. The minimum Gasteiger partial charge on any atom is -0.383 e. The van der Waals surface area contributed by atoms with Crippen molar-refractivity contribution < 1.29 is 4.79 Å². The van der Waals surface area contributed by atoms with E-state index in [0.717, 1.165) is 42.9 Å². The molecule has 30 heavy (non-hydrogen) atoms. The van der Waals surface area contributed by atoms with Gasteiger partial charge in [0.2, 0.25) is 0 Å². The Hall–Kier alpha value is -2.91. The average molecular weight is 426 g/mol.